The van der Waals surface area contributed by atoms with E-state index in [9.17, 15) is 9.59 Å². The van der Waals surface area contributed by atoms with Crippen molar-refractivity contribution in [1.82, 2.24) is 10.3 Å². The van der Waals surface area contributed by atoms with E-state index in [2.05, 4.69) is 10.3 Å². The van der Waals surface area contributed by atoms with E-state index in [1.807, 2.05) is 4.90 Å². The van der Waals surface area contributed by atoms with Gasteiger partial charge in [-0.25, -0.2) is 4.98 Å². The first-order valence-electron chi connectivity index (χ1n) is 6.05. The van der Waals surface area contributed by atoms with E-state index in [1.165, 1.54) is 13.0 Å². The van der Waals surface area contributed by atoms with Crippen LogP contribution in [0.25, 0.3) is 0 Å². The SMILES string of the molecule is CC(=O)NC1CCN(c2nc(C(N)=O)ccc2N)C1. The van der Waals surface area contributed by atoms with Crippen LogP contribution in [-0.2, 0) is 4.79 Å². The fraction of sp³-hybridized carbons (Fsp3) is 0.417. The zero-order valence-corrected chi connectivity index (χ0v) is 10.7. The Labute approximate surface area is 111 Å². The summed E-state index contributed by atoms with van der Waals surface area (Å²) < 4.78 is 0. The number of rotatable bonds is 3. The Morgan fingerprint density at radius 3 is 2.84 bits per heavy atom. The smallest absolute Gasteiger partial charge is 0.267 e. The van der Waals surface area contributed by atoms with Gasteiger partial charge in [-0.3, -0.25) is 9.59 Å². The minimum atomic E-state index is -0.584. The molecule has 0 radical (unpaired) electrons. The number of primary amides is 1. The van der Waals surface area contributed by atoms with E-state index in [4.69, 9.17) is 11.5 Å². The van der Waals surface area contributed by atoms with Gasteiger partial charge in [-0.2, -0.15) is 0 Å². The van der Waals surface area contributed by atoms with Gasteiger partial charge in [0, 0.05) is 26.1 Å². The second kappa shape index (κ2) is 5.13. The highest BCUT2D eigenvalue weighted by Gasteiger charge is 2.25. The number of carbonyl (C=O) groups excluding carboxylic acids is 2. The van der Waals surface area contributed by atoms with E-state index < -0.39 is 5.91 Å². The number of carbonyl (C=O) groups is 2. The van der Waals surface area contributed by atoms with Crippen molar-refractivity contribution < 1.29 is 9.59 Å². The van der Waals surface area contributed by atoms with Gasteiger partial charge >= 0.3 is 0 Å². The van der Waals surface area contributed by atoms with Gasteiger partial charge in [0.25, 0.3) is 5.91 Å². The van der Waals surface area contributed by atoms with Crippen LogP contribution in [0.2, 0.25) is 0 Å². The maximum Gasteiger partial charge on any atom is 0.267 e. The number of nitrogen functional groups attached to an aromatic ring is 1. The van der Waals surface area contributed by atoms with Gasteiger partial charge in [-0.05, 0) is 18.6 Å². The number of hydrogen-bond donors (Lipinski definition) is 3. The molecule has 2 heterocycles. The molecular weight excluding hydrogens is 246 g/mol. The van der Waals surface area contributed by atoms with Crippen LogP contribution in [0.3, 0.4) is 0 Å². The third-order valence-corrected chi connectivity index (χ3v) is 3.05. The summed E-state index contributed by atoms with van der Waals surface area (Å²) in [6.07, 6.45) is 0.821. The number of nitrogens with zero attached hydrogens (tertiary/aromatic N) is 2. The van der Waals surface area contributed by atoms with Crippen molar-refractivity contribution in [2.75, 3.05) is 23.7 Å². The van der Waals surface area contributed by atoms with Gasteiger partial charge in [0.15, 0.2) is 5.82 Å². The lowest BCUT2D eigenvalue weighted by molar-refractivity contribution is -0.119. The molecule has 1 saturated heterocycles. The van der Waals surface area contributed by atoms with Crippen molar-refractivity contribution in [2.24, 2.45) is 5.73 Å². The summed E-state index contributed by atoms with van der Waals surface area (Å²) >= 11 is 0. The van der Waals surface area contributed by atoms with Crippen LogP contribution in [0.4, 0.5) is 11.5 Å². The van der Waals surface area contributed by atoms with E-state index >= 15 is 0 Å². The van der Waals surface area contributed by atoms with Crippen LogP contribution < -0.4 is 21.7 Å². The zero-order valence-electron chi connectivity index (χ0n) is 10.7. The van der Waals surface area contributed by atoms with Gasteiger partial charge in [0.2, 0.25) is 5.91 Å². The van der Waals surface area contributed by atoms with Gasteiger partial charge < -0.3 is 21.7 Å². The van der Waals surface area contributed by atoms with Gasteiger partial charge in [-0.15, -0.1) is 0 Å². The minimum absolute atomic E-state index is 0.0568. The Kier molecular flexibility index (Phi) is 3.55. The first-order chi connectivity index (χ1) is 8.97. The summed E-state index contributed by atoms with van der Waals surface area (Å²) in [6, 6.07) is 3.20. The summed E-state index contributed by atoms with van der Waals surface area (Å²) in [7, 11) is 0. The molecule has 2 rings (SSSR count). The van der Waals surface area contributed by atoms with Crippen molar-refractivity contribution >= 4 is 23.3 Å². The van der Waals surface area contributed by atoms with Gasteiger partial charge in [-0.1, -0.05) is 0 Å². The molecule has 7 heteroatoms. The summed E-state index contributed by atoms with van der Waals surface area (Å²) in [5.41, 5.74) is 11.8. The molecule has 1 unspecified atom stereocenters. The number of nitrogens with two attached hydrogens (primary N) is 2. The molecule has 5 N–H and O–H groups in total. The van der Waals surface area contributed by atoms with Crippen molar-refractivity contribution in [1.29, 1.82) is 0 Å². The van der Waals surface area contributed by atoms with Crippen molar-refractivity contribution in [3.8, 4) is 0 Å². The maximum atomic E-state index is 11.1. The maximum absolute atomic E-state index is 11.1. The van der Waals surface area contributed by atoms with Gasteiger partial charge in [0.05, 0.1) is 5.69 Å². The third-order valence-electron chi connectivity index (χ3n) is 3.05. The molecule has 7 nitrogen and oxygen atoms in total. The molecular formula is C12H17N5O2. The Bertz CT molecular complexity index is 517. The highest BCUT2D eigenvalue weighted by molar-refractivity contribution is 5.92. The van der Waals surface area contributed by atoms with Gasteiger partial charge in [0.1, 0.15) is 5.69 Å². The fourth-order valence-corrected chi connectivity index (χ4v) is 2.21. The van der Waals surface area contributed by atoms with E-state index in [0.717, 1.165) is 13.0 Å². The fourth-order valence-electron chi connectivity index (χ4n) is 2.21. The molecule has 0 spiro atoms. The van der Waals surface area contributed by atoms with E-state index in [1.54, 1.807) is 6.07 Å². The molecule has 102 valence electrons. The van der Waals surface area contributed by atoms with Crippen LogP contribution in [0, 0.1) is 0 Å². The standard InChI is InChI=1S/C12H17N5O2/c1-7(18)15-8-4-5-17(6-8)12-9(13)2-3-10(16-12)11(14)19/h2-3,8H,4-6,13H2,1H3,(H2,14,19)(H,15,18). The Morgan fingerprint density at radius 1 is 1.47 bits per heavy atom. The van der Waals surface area contributed by atoms with E-state index in [-0.39, 0.29) is 17.6 Å². The van der Waals surface area contributed by atoms with Crippen LogP contribution in [-0.4, -0.2) is 35.9 Å². The normalized spacial score (nSPS) is 18.4. The topological polar surface area (TPSA) is 114 Å². The molecule has 19 heavy (non-hydrogen) atoms. The van der Waals surface area contributed by atoms with Crippen LogP contribution in [0.5, 0.6) is 0 Å². The Balaban J connectivity index is 2.16. The average molecular weight is 263 g/mol. The molecule has 1 aliphatic rings. The zero-order chi connectivity index (χ0) is 14.0. The predicted octanol–water partition coefficient (Wildman–Crippen LogP) is -0.522. The molecule has 1 aliphatic heterocycles. The lowest BCUT2D eigenvalue weighted by Crippen LogP contribution is -2.36. The van der Waals surface area contributed by atoms with Crippen molar-refractivity contribution in [3.63, 3.8) is 0 Å². The third kappa shape index (κ3) is 2.93. The van der Waals surface area contributed by atoms with Crippen molar-refractivity contribution in [3.05, 3.63) is 17.8 Å². The number of hydrogen-bond acceptors (Lipinski definition) is 5. The second-order valence-corrected chi connectivity index (χ2v) is 4.61. The number of anilines is 2. The van der Waals surface area contributed by atoms with Crippen LogP contribution >= 0.6 is 0 Å². The minimum Gasteiger partial charge on any atom is -0.396 e. The quantitative estimate of drug-likeness (QED) is 0.678. The number of nitrogens with one attached hydrogen (secondary N) is 1. The van der Waals surface area contributed by atoms with E-state index in [0.29, 0.717) is 18.1 Å². The van der Waals surface area contributed by atoms with Crippen LogP contribution in [0.15, 0.2) is 12.1 Å². The molecule has 1 atom stereocenters. The molecule has 1 fully saturated rings. The first kappa shape index (κ1) is 13.1. The molecule has 1 aromatic heterocycles. The molecule has 0 saturated carbocycles. The largest absolute Gasteiger partial charge is 0.396 e. The Morgan fingerprint density at radius 2 is 2.21 bits per heavy atom. The number of pyridine rings is 1. The monoisotopic (exact) mass is 263 g/mol. The first-order valence-corrected chi connectivity index (χ1v) is 6.05. The molecule has 0 aromatic carbocycles. The highest BCUT2D eigenvalue weighted by Crippen LogP contribution is 2.24. The summed E-state index contributed by atoms with van der Waals surface area (Å²) in [5, 5.41) is 2.86. The van der Waals surface area contributed by atoms with Crippen molar-refractivity contribution in [2.45, 2.75) is 19.4 Å². The molecule has 2 amide bonds. The summed E-state index contributed by atoms with van der Waals surface area (Å²) in [5.74, 6) is -0.0957. The second-order valence-electron chi connectivity index (χ2n) is 4.61. The lowest BCUT2D eigenvalue weighted by Gasteiger charge is -2.19. The summed E-state index contributed by atoms with van der Waals surface area (Å²) in [6.45, 7) is 2.84. The number of amides is 2. The molecule has 0 aliphatic carbocycles. The lowest BCUT2D eigenvalue weighted by atomic mass is 10.2. The Hall–Kier alpha value is -2.31. The number of aromatic nitrogens is 1. The molecule has 1 aromatic rings. The van der Waals surface area contributed by atoms with Crippen LogP contribution in [0.1, 0.15) is 23.8 Å². The highest BCUT2D eigenvalue weighted by atomic mass is 16.1. The summed E-state index contributed by atoms with van der Waals surface area (Å²) in [4.78, 5) is 28.3. The average Bonchev–Trinajstić information content (AvgIpc) is 2.76. The predicted molar refractivity (Wildman–Crippen MR) is 71.6 cm³/mol. The molecule has 0 bridgehead atoms.